The molecule has 2 rings (SSSR count). The summed E-state index contributed by atoms with van der Waals surface area (Å²) in [7, 11) is 2.17. The molecule has 5 heteroatoms. The van der Waals surface area contributed by atoms with Crippen molar-refractivity contribution in [2.24, 2.45) is 0 Å². The molecule has 2 unspecified atom stereocenters. The van der Waals surface area contributed by atoms with E-state index in [1.165, 1.54) is 0 Å². The second-order valence-corrected chi connectivity index (χ2v) is 5.00. The molecule has 1 fully saturated rings. The van der Waals surface area contributed by atoms with E-state index in [-0.39, 0.29) is 0 Å². The molecule has 1 aliphatic heterocycles. The smallest absolute Gasteiger partial charge is 0.221 e. The number of piperazine rings is 1. The number of likely N-dealkylation sites (N-methyl/N-ethyl adjacent to an activating group) is 1. The first-order chi connectivity index (χ1) is 7.99. The molecule has 0 spiro atoms. The predicted molar refractivity (Wildman–Crippen MR) is 70.1 cm³/mol. The molecule has 2 atom stereocenters. The highest BCUT2D eigenvalue weighted by molar-refractivity contribution is 5.48. The fourth-order valence-electron chi connectivity index (χ4n) is 2.34. The van der Waals surface area contributed by atoms with E-state index in [0.717, 1.165) is 24.5 Å². The van der Waals surface area contributed by atoms with E-state index in [1.807, 2.05) is 6.92 Å². The van der Waals surface area contributed by atoms with Crippen LogP contribution in [-0.4, -0.2) is 47.1 Å². The van der Waals surface area contributed by atoms with Crippen molar-refractivity contribution in [1.29, 1.82) is 0 Å². The molecule has 1 aliphatic rings. The van der Waals surface area contributed by atoms with Gasteiger partial charge in [-0.25, -0.2) is 4.98 Å². The zero-order valence-corrected chi connectivity index (χ0v) is 11.0. The number of aromatic nitrogens is 2. The van der Waals surface area contributed by atoms with Crippen molar-refractivity contribution < 1.29 is 0 Å². The lowest BCUT2D eigenvalue weighted by Crippen LogP contribution is -2.55. The van der Waals surface area contributed by atoms with Crippen molar-refractivity contribution in [3.8, 4) is 0 Å². The van der Waals surface area contributed by atoms with Gasteiger partial charge in [0.15, 0.2) is 0 Å². The maximum Gasteiger partial charge on any atom is 0.221 e. The third kappa shape index (κ3) is 2.34. The van der Waals surface area contributed by atoms with E-state index >= 15 is 0 Å². The van der Waals surface area contributed by atoms with Crippen LogP contribution in [0.3, 0.4) is 0 Å². The summed E-state index contributed by atoms with van der Waals surface area (Å²) >= 11 is 0. The third-order valence-electron chi connectivity index (χ3n) is 3.62. The number of nitrogens with two attached hydrogens (primary N) is 1. The first-order valence-electron chi connectivity index (χ1n) is 6.05. The molecule has 1 saturated heterocycles. The van der Waals surface area contributed by atoms with E-state index in [9.17, 15) is 0 Å². The molecule has 0 radical (unpaired) electrons. The van der Waals surface area contributed by atoms with Crippen molar-refractivity contribution in [3.05, 3.63) is 11.8 Å². The third-order valence-corrected chi connectivity index (χ3v) is 3.62. The van der Waals surface area contributed by atoms with Crippen LogP contribution >= 0.6 is 0 Å². The molecule has 17 heavy (non-hydrogen) atoms. The van der Waals surface area contributed by atoms with Crippen LogP contribution in [0.5, 0.6) is 0 Å². The topological polar surface area (TPSA) is 58.3 Å². The largest absolute Gasteiger partial charge is 0.368 e. The molecule has 0 amide bonds. The Kier molecular flexibility index (Phi) is 3.19. The van der Waals surface area contributed by atoms with Crippen LogP contribution in [0.2, 0.25) is 0 Å². The summed E-state index contributed by atoms with van der Waals surface area (Å²) in [4.78, 5) is 13.1. The zero-order valence-electron chi connectivity index (χ0n) is 11.0. The Morgan fingerprint density at radius 2 is 1.88 bits per heavy atom. The lowest BCUT2D eigenvalue weighted by molar-refractivity contribution is 0.169. The molecule has 1 aromatic rings. The lowest BCUT2D eigenvalue weighted by Gasteiger charge is -2.43. The first-order valence-corrected chi connectivity index (χ1v) is 6.05. The van der Waals surface area contributed by atoms with Crippen molar-refractivity contribution in [2.75, 3.05) is 30.8 Å². The van der Waals surface area contributed by atoms with E-state index in [4.69, 9.17) is 5.73 Å². The Hall–Kier alpha value is -1.36. The van der Waals surface area contributed by atoms with Gasteiger partial charge in [0.2, 0.25) is 5.95 Å². The van der Waals surface area contributed by atoms with Crippen LogP contribution in [0.1, 0.15) is 19.4 Å². The van der Waals surface area contributed by atoms with Crippen LogP contribution < -0.4 is 10.6 Å². The summed E-state index contributed by atoms with van der Waals surface area (Å²) in [5.74, 6) is 1.33. The highest BCUT2D eigenvalue weighted by atomic mass is 15.3. The molecule has 94 valence electrons. The van der Waals surface area contributed by atoms with Crippen molar-refractivity contribution in [3.63, 3.8) is 0 Å². The van der Waals surface area contributed by atoms with Crippen molar-refractivity contribution in [2.45, 2.75) is 32.9 Å². The van der Waals surface area contributed by atoms with Gasteiger partial charge in [0, 0.05) is 36.9 Å². The van der Waals surface area contributed by atoms with Crippen LogP contribution in [0.15, 0.2) is 6.20 Å². The van der Waals surface area contributed by atoms with Crippen LogP contribution in [-0.2, 0) is 0 Å². The zero-order chi connectivity index (χ0) is 12.6. The summed E-state index contributed by atoms with van der Waals surface area (Å²) < 4.78 is 0. The second kappa shape index (κ2) is 4.49. The number of hydrogen-bond acceptors (Lipinski definition) is 5. The molecule has 0 aliphatic carbocycles. The summed E-state index contributed by atoms with van der Waals surface area (Å²) in [5.41, 5.74) is 6.76. The summed E-state index contributed by atoms with van der Waals surface area (Å²) in [6.45, 7) is 8.48. The van der Waals surface area contributed by atoms with Crippen LogP contribution in [0.4, 0.5) is 11.8 Å². The van der Waals surface area contributed by atoms with Gasteiger partial charge in [-0.15, -0.1) is 0 Å². The van der Waals surface area contributed by atoms with Crippen molar-refractivity contribution in [1.82, 2.24) is 14.9 Å². The van der Waals surface area contributed by atoms with Gasteiger partial charge in [-0.3, -0.25) is 4.90 Å². The number of nitrogen functional groups attached to an aromatic ring is 1. The number of hydrogen-bond donors (Lipinski definition) is 1. The SMILES string of the molecule is Cc1cnc(N)nc1N1CC(C)N(C)C(C)C1. The number of aryl methyl sites for hydroxylation is 1. The van der Waals surface area contributed by atoms with Gasteiger partial charge < -0.3 is 10.6 Å². The quantitative estimate of drug-likeness (QED) is 0.783. The maximum atomic E-state index is 5.67. The molecule has 2 heterocycles. The summed E-state index contributed by atoms with van der Waals surface area (Å²) in [6, 6.07) is 1.05. The van der Waals surface area contributed by atoms with Gasteiger partial charge in [0.1, 0.15) is 5.82 Å². The van der Waals surface area contributed by atoms with E-state index in [0.29, 0.717) is 18.0 Å². The van der Waals surface area contributed by atoms with E-state index < -0.39 is 0 Å². The highest BCUT2D eigenvalue weighted by Gasteiger charge is 2.28. The molecular weight excluding hydrogens is 214 g/mol. The normalized spacial score (nSPS) is 26.2. The van der Waals surface area contributed by atoms with E-state index in [2.05, 4.69) is 40.7 Å². The number of nitrogens with zero attached hydrogens (tertiary/aromatic N) is 4. The maximum absolute atomic E-state index is 5.67. The average Bonchev–Trinajstić information content (AvgIpc) is 2.28. The molecule has 0 aromatic carbocycles. The monoisotopic (exact) mass is 235 g/mol. The predicted octanol–water partition coefficient (Wildman–Crippen LogP) is 0.896. The Morgan fingerprint density at radius 1 is 1.29 bits per heavy atom. The molecule has 5 nitrogen and oxygen atoms in total. The summed E-state index contributed by atoms with van der Waals surface area (Å²) in [6.07, 6.45) is 1.80. The fraction of sp³-hybridized carbons (Fsp3) is 0.667. The van der Waals surface area contributed by atoms with Gasteiger partial charge in [0.05, 0.1) is 0 Å². The van der Waals surface area contributed by atoms with Gasteiger partial charge in [-0.2, -0.15) is 4.98 Å². The molecule has 1 aromatic heterocycles. The average molecular weight is 235 g/mol. The molecular formula is C12H21N5. The van der Waals surface area contributed by atoms with Gasteiger partial charge in [0.25, 0.3) is 0 Å². The minimum Gasteiger partial charge on any atom is -0.368 e. The molecule has 2 N–H and O–H groups in total. The van der Waals surface area contributed by atoms with Gasteiger partial charge in [-0.05, 0) is 27.8 Å². The standard InChI is InChI=1S/C12H21N5/c1-8-5-14-12(13)15-11(8)17-6-9(2)16(4)10(3)7-17/h5,9-10H,6-7H2,1-4H3,(H2,13,14,15). The van der Waals surface area contributed by atoms with Gasteiger partial charge >= 0.3 is 0 Å². The first kappa shape index (κ1) is 12.1. The fourth-order valence-corrected chi connectivity index (χ4v) is 2.34. The summed E-state index contributed by atoms with van der Waals surface area (Å²) in [5, 5.41) is 0. The Morgan fingerprint density at radius 3 is 2.47 bits per heavy atom. The van der Waals surface area contributed by atoms with Crippen LogP contribution in [0.25, 0.3) is 0 Å². The minimum atomic E-state index is 0.352. The molecule has 0 saturated carbocycles. The van der Waals surface area contributed by atoms with Gasteiger partial charge in [-0.1, -0.05) is 0 Å². The Balaban J connectivity index is 2.25. The number of rotatable bonds is 1. The Bertz CT molecular complexity index is 394. The van der Waals surface area contributed by atoms with Crippen molar-refractivity contribution >= 4 is 11.8 Å². The highest BCUT2D eigenvalue weighted by Crippen LogP contribution is 2.22. The van der Waals surface area contributed by atoms with Crippen LogP contribution in [0, 0.1) is 6.92 Å². The lowest BCUT2D eigenvalue weighted by atomic mass is 10.1. The Labute approximate surface area is 103 Å². The molecule has 0 bridgehead atoms. The second-order valence-electron chi connectivity index (χ2n) is 5.00. The minimum absolute atomic E-state index is 0.352. The van der Waals surface area contributed by atoms with E-state index in [1.54, 1.807) is 6.20 Å². The number of anilines is 2.